The number of thiazole rings is 1. The Kier molecular flexibility index (Phi) is 5.38. The standard InChI is InChI=1S/C19H24N4O4S/c1-4-27-14-6-5-13(11-15(14)25-3)16(22-7-9-26-10-8-22)17-18(24)23-19(28-17)20-12(2)21-23/h5-6,11,16,24H,4,7-10H2,1-3H3/t16-/m1/s1. The van der Waals surface area contributed by atoms with E-state index in [0.29, 0.717) is 42.1 Å². The summed E-state index contributed by atoms with van der Waals surface area (Å²) in [6, 6.07) is 5.77. The highest BCUT2D eigenvalue weighted by molar-refractivity contribution is 7.17. The van der Waals surface area contributed by atoms with Crippen LogP contribution in [0.2, 0.25) is 0 Å². The summed E-state index contributed by atoms with van der Waals surface area (Å²) in [6.45, 7) is 7.18. The Morgan fingerprint density at radius 3 is 2.75 bits per heavy atom. The molecule has 8 nitrogen and oxygen atoms in total. The van der Waals surface area contributed by atoms with Gasteiger partial charge in [-0.05, 0) is 31.5 Å². The third kappa shape index (κ3) is 3.41. The summed E-state index contributed by atoms with van der Waals surface area (Å²) in [7, 11) is 1.63. The third-order valence-corrected chi connectivity index (χ3v) is 5.84. The number of ether oxygens (including phenoxy) is 3. The van der Waals surface area contributed by atoms with E-state index in [2.05, 4.69) is 15.0 Å². The van der Waals surface area contributed by atoms with Crippen LogP contribution in [0.1, 0.15) is 29.2 Å². The normalized spacial score (nSPS) is 16.4. The van der Waals surface area contributed by atoms with Crippen molar-refractivity contribution in [2.24, 2.45) is 0 Å². The fourth-order valence-corrected chi connectivity index (χ4v) is 4.68. The zero-order valence-corrected chi connectivity index (χ0v) is 17.0. The Morgan fingerprint density at radius 1 is 1.29 bits per heavy atom. The average molecular weight is 404 g/mol. The molecular formula is C19H24N4O4S. The molecule has 0 radical (unpaired) electrons. The molecule has 150 valence electrons. The molecule has 9 heteroatoms. The molecule has 2 aromatic heterocycles. The van der Waals surface area contributed by atoms with Crippen LogP contribution in [-0.2, 0) is 4.74 Å². The van der Waals surface area contributed by atoms with Gasteiger partial charge in [-0.15, -0.1) is 5.10 Å². The molecule has 0 spiro atoms. The Balaban J connectivity index is 1.81. The highest BCUT2D eigenvalue weighted by Gasteiger charge is 2.31. The Bertz CT molecular complexity index is 964. The minimum atomic E-state index is -0.151. The van der Waals surface area contributed by atoms with Crippen LogP contribution in [-0.4, -0.2) is 64.6 Å². The predicted octanol–water partition coefficient (Wildman–Crippen LogP) is 2.63. The second kappa shape index (κ2) is 7.94. The molecule has 1 fully saturated rings. The van der Waals surface area contributed by atoms with Gasteiger partial charge in [0.05, 0.1) is 37.8 Å². The van der Waals surface area contributed by atoms with Gasteiger partial charge in [-0.1, -0.05) is 17.4 Å². The summed E-state index contributed by atoms with van der Waals surface area (Å²) < 4.78 is 18.2. The average Bonchev–Trinajstić information content (AvgIpc) is 3.21. The molecule has 28 heavy (non-hydrogen) atoms. The molecule has 0 unspecified atom stereocenters. The molecule has 1 aromatic carbocycles. The molecular weight excluding hydrogens is 380 g/mol. The minimum Gasteiger partial charge on any atom is -0.493 e. The van der Waals surface area contributed by atoms with Crippen molar-refractivity contribution in [2.45, 2.75) is 19.9 Å². The van der Waals surface area contributed by atoms with Gasteiger partial charge in [0.2, 0.25) is 10.8 Å². The lowest BCUT2D eigenvalue weighted by atomic mass is 10.0. The van der Waals surface area contributed by atoms with E-state index in [-0.39, 0.29) is 11.9 Å². The monoisotopic (exact) mass is 404 g/mol. The molecule has 4 rings (SSSR count). The van der Waals surface area contributed by atoms with Crippen LogP contribution in [0.5, 0.6) is 17.4 Å². The van der Waals surface area contributed by atoms with E-state index in [1.54, 1.807) is 7.11 Å². The van der Waals surface area contributed by atoms with Gasteiger partial charge >= 0.3 is 0 Å². The Labute approximate surface area is 167 Å². The second-order valence-electron chi connectivity index (χ2n) is 6.54. The molecule has 1 saturated heterocycles. The topological polar surface area (TPSA) is 81.4 Å². The van der Waals surface area contributed by atoms with E-state index in [1.807, 2.05) is 32.0 Å². The van der Waals surface area contributed by atoms with Crippen molar-refractivity contribution >= 4 is 16.3 Å². The maximum Gasteiger partial charge on any atom is 0.230 e. The van der Waals surface area contributed by atoms with Gasteiger partial charge < -0.3 is 19.3 Å². The maximum absolute atomic E-state index is 10.9. The molecule has 0 amide bonds. The van der Waals surface area contributed by atoms with Gasteiger partial charge in [-0.25, -0.2) is 4.98 Å². The highest BCUT2D eigenvalue weighted by atomic mass is 32.1. The summed E-state index contributed by atoms with van der Waals surface area (Å²) in [5.41, 5.74) is 1.01. The minimum absolute atomic E-state index is 0.130. The smallest absolute Gasteiger partial charge is 0.230 e. The first kappa shape index (κ1) is 19.0. The third-order valence-electron chi connectivity index (χ3n) is 4.77. The number of aryl methyl sites for hydroxylation is 1. The van der Waals surface area contributed by atoms with Crippen molar-refractivity contribution in [2.75, 3.05) is 40.0 Å². The predicted molar refractivity (Wildman–Crippen MR) is 106 cm³/mol. The largest absolute Gasteiger partial charge is 0.493 e. The zero-order valence-electron chi connectivity index (χ0n) is 16.2. The molecule has 1 aliphatic heterocycles. The molecule has 0 saturated carbocycles. The molecule has 0 bridgehead atoms. The van der Waals surface area contributed by atoms with Crippen molar-refractivity contribution in [3.8, 4) is 17.4 Å². The second-order valence-corrected chi connectivity index (χ2v) is 7.55. The van der Waals surface area contributed by atoms with Crippen molar-refractivity contribution in [1.29, 1.82) is 0 Å². The Morgan fingerprint density at radius 2 is 2.07 bits per heavy atom. The van der Waals surface area contributed by atoms with Crippen molar-refractivity contribution < 1.29 is 19.3 Å². The van der Waals surface area contributed by atoms with Gasteiger partial charge in [-0.2, -0.15) is 4.52 Å². The summed E-state index contributed by atoms with van der Waals surface area (Å²) in [4.78, 5) is 8.20. The van der Waals surface area contributed by atoms with E-state index in [0.717, 1.165) is 23.5 Å². The van der Waals surface area contributed by atoms with Crippen LogP contribution in [0.3, 0.4) is 0 Å². The van der Waals surface area contributed by atoms with E-state index in [4.69, 9.17) is 14.2 Å². The van der Waals surface area contributed by atoms with Crippen molar-refractivity contribution in [3.63, 3.8) is 0 Å². The number of hydrogen-bond acceptors (Lipinski definition) is 8. The maximum atomic E-state index is 10.9. The number of benzene rings is 1. The lowest BCUT2D eigenvalue weighted by Gasteiger charge is -2.34. The van der Waals surface area contributed by atoms with Gasteiger partial charge in [0.25, 0.3) is 0 Å². The molecule has 0 aliphatic carbocycles. The number of morpholine rings is 1. The van der Waals surface area contributed by atoms with Crippen LogP contribution < -0.4 is 9.47 Å². The van der Waals surface area contributed by atoms with Gasteiger partial charge in [-0.3, -0.25) is 4.90 Å². The molecule has 3 aromatic rings. The molecule has 1 aliphatic rings. The lowest BCUT2D eigenvalue weighted by Crippen LogP contribution is -2.39. The number of fused-ring (bicyclic) bond motifs is 1. The van der Waals surface area contributed by atoms with Crippen LogP contribution in [0, 0.1) is 6.92 Å². The van der Waals surface area contributed by atoms with E-state index >= 15 is 0 Å². The number of aromatic hydroxyl groups is 1. The summed E-state index contributed by atoms with van der Waals surface area (Å²) in [5.74, 6) is 2.15. The SMILES string of the molecule is CCOc1ccc([C@H](c2sc3nc(C)nn3c2O)N2CCOCC2)cc1OC. The van der Waals surface area contributed by atoms with Gasteiger partial charge in [0, 0.05) is 13.1 Å². The van der Waals surface area contributed by atoms with Crippen molar-refractivity contribution in [3.05, 3.63) is 34.5 Å². The van der Waals surface area contributed by atoms with Crippen LogP contribution in [0.25, 0.3) is 4.96 Å². The Hall–Kier alpha value is -2.36. The van der Waals surface area contributed by atoms with E-state index in [9.17, 15) is 5.11 Å². The van der Waals surface area contributed by atoms with E-state index in [1.165, 1.54) is 15.9 Å². The highest BCUT2D eigenvalue weighted by Crippen LogP contribution is 2.42. The molecule has 1 atom stereocenters. The molecule has 3 heterocycles. The summed E-state index contributed by atoms with van der Waals surface area (Å²) in [5, 5.41) is 15.2. The van der Waals surface area contributed by atoms with Crippen LogP contribution in [0.4, 0.5) is 0 Å². The lowest BCUT2D eigenvalue weighted by molar-refractivity contribution is 0.0240. The number of aromatic nitrogens is 3. The first-order valence-electron chi connectivity index (χ1n) is 9.30. The fraction of sp³-hybridized carbons (Fsp3) is 0.474. The van der Waals surface area contributed by atoms with Crippen LogP contribution in [0.15, 0.2) is 18.2 Å². The quantitative estimate of drug-likeness (QED) is 0.676. The van der Waals surface area contributed by atoms with Crippen LogP contribution >= 0.6 is 11.3 Å². The first-order chi connectivity index (χ1) is 13.6. The van der Waals surface area contributed by atoms with Gasteiger partial charge in [0.15, 0.2) is 11.5 Å². The van der Waals surface area contributed by atoms with Gasteiger partial charge in [0.1, 0.15) is 5.82 Å². The summed E-state index contributed by atoms with van der Waals surface area (Å²) >= 11 is 1.45. The fourth-order valence-electron chi connectivity index (χ4n) is 3.52. The van der Waals surface area contributed by atoms with Crippen molar-refractivity contribution in [1.82, 2.24) is 19.5 Å². The number of methoxy groups -OCH3 is 1. The summed E-state index contributed by atoms with van der Waals surface area (Å²) in [6.07, 6.45) is 0. The number of rotatable bonds is 6. The number of hydrogen-bond donors (Lipinski definition) is 1. The zero-order chi connectivity index (χ0) is 19.7. The number of nitrogens with zero attached hydrogens (tertiary/aromatic N) is 4. The first-order valence-corrected chi connectivity index (χ1v) is 10.1. The molecule has 1 N–H and O–H groups in total. The van der Waals surface area contributed by atoms with E-state index < -0.39 is 0 Å².